The van der Waals surface area contributed by atoms with Crippen LogP contribution in [0.5, 0.6) is 0 Å². The van der Waals surface area contributed by atoms with Crippen LogP contribution in [-0.2, 0) is 11.2 Å². The number of carbonyl (C=O) groups is 2. The topological polar surface area (TPSA) is 53.1 Å². The lowest BCUT2D eigenvalue weighted by Crippen LogP contribution is -2.49. The minimum atomic E-state index is -0.202. The third kappa shape index (κ3) is 7.06. The van der Waals surface area contributed by atoms with Crippen LogP contribution in [-0.4, -0.2) is 80.0 Å². The molecule has 1 amide bonds. The summed E-state index contributed by atoms with van der Waals surface area (Å²) in [6.45, 7) is 6.52. The van der Waals surface area contributed by atoms with Gasteiger partial charge in [0.1, 0.15) is 0 Å². The molecular weight excluding hydrogens is 342 g/mol. The molecule has 148 valence electrons. The fraction of sp³-hybridized carbons (Fsp3) is 0.524. The Morgan fingerprint density at radius 2 is 1.78 bits per heavy atom. The van der Waals surface area contributed by atoms with Gasteiger partial charge in [0, 0.05) is 58.1 Å². The second-order valence-electron chi connectivity index (χ2n) is 6.97. The van der Waals surface area contributed by atoms with E-state index in [1.165, 1.54) is 5.56 Å². The number of ether oxygens (including phenoxy) is 1. The van der Waals surface area contributed by atoms with Crippen molar-refractivity contribution in [3.63, 3.8) is 0 Å². The third-order valence-electron chi connectivity index (χ3n) is 4.60. The number of hydrogen-bond acceptors (Lipinski definition) is 5. The predicted molar refractivity (Wildman–Crippen MR) is 107 cm³/mol. The van der Waals surface area contributed by atoms with E-state index in [-0.39, 0.29) is 11.9 Å². The van der Waals surface area contributed by atoms with Crippen LogP contribution in [0.4, 0.5) is 4.79 Å². The van der Waals surface area contributed by atoms with Crippen LogP contribution < -0.4 is 0 Å². The summed E-state index contributed by atoms with van der Waals surface area (Å²) in [4.78, 5) is 29.8. The average Bonchev–Trinajstić information content (AvgIpc) is 2.67. The molecule has 6 nitrogen and oxygen atoms in total. The zero-order valence-corrected chi connectivity index (χ0v) is 16.7. The summed E-state index contributed by atoms with van der Waals surface area (Å²) in [5.74, 6) is 0.0229. The van der Waals surface area contributed by atoms with Gasteiger partial charge in [0.25, 0.3) is 0 Å². The van der Waals surface area contributed by atoms with Crippen LogP contribution in [0, 0.1) is 0 Å². The fourth-order valence-electron chi connectivity index (χ4n) is 3.02. The molecule has 1 aromatic rings. The quantitative estimate of drug-likeness (QED) is 0.518. The molecule has 0 aliphatic carbocycles. The maximum atomic E-state index is 12.0. The van der Waals surface area contributed by atoms with Crippen molar-refractivity contribution in [1.82, 2.24) is 14.7 Å². The molecule has 1 fully saturated rings. The molecule has 0 N–H and O–H groups in total. The van der Waals surface area contributed by atoms with Crippen LogP contribution in [0.15, 0.2) is 36.5 Å². The highest BCUT2D eigenvalue weighted by atomic mass is 16.6. The van der Waals surface area contributed by atoms with E-state index < -0.39 is 0 Å². The fourth-order valence-corrected chi connectivity index (χ4v) is 3.02. The van der Waals surface area contributed by atoms with Gasteiger partial charge in [0.2, 0.25) is 0 Å². The highest BCUT2D eigenvalue weighted by Crippen LogP contribution is 2.10. The minimum absolute atomic E-state index is 0.0229. The molecule has 1 aromatic carbocycles. The first kappa shape index (κ1) is 21.0. The Morgan fingerprint density at radius 1 is 1.11 bits per heavy atom. The van der Waals surface area contributed by atoms with E-state index in [0.29, 0.717) is 12.2 Å². The summed E-state index contributed by atoms with van der Waals surface area (Å²) < 4.78 is 5.05. The van der Waals surface area contributed by atoms with Crippen molar-refractivity contribution in [1.29, 1.82) is 0 Å². The van der Waals surface area contributed by atoms with E-state index >= 15 is 0 Å². The lowest BCUT2D eigenvalue weighted by atomic mass is 10.0. The highest BCUT2D eigenvalue weighted by molar-refractivity contribution is 6.04. The van der Waals surface area contributed by atoms with Crippen molar-refractivity contribution in [3.05, 3.63) is 47.7 Å². The summed E-state index contributed by atoms with van der Waals surface area (Å²) in [6.07, 6.45) is 5.20. The lowest BCUT2D eigenvalue weighted by molar-refractivity contribution is 0.0794. The van der Waals surface area contributed by atoms with Crippen molar-refractivity contribution in [2.24, 2.45) is 0 Å². The van der Waals surface area contributed by atoms with Crippen molar-refractivity contribution in [2.45, 2.75) is 19.8 Å². The van der Waals surface area contributed by atoms with Crippen LogP contribution in [0.1, 0.15) is 29.3 Å². The summed E-state index contributed by atoms with van der Waals surface area (Å²) in [7, 11) is 3.78. The molecule has 2 rings (SSSR count). The van der Waals surface area contributed by atoms with Gasteiger partial charge in [0.15, 0.2) is 5.78 Å². The van der Waals surface area contributed by atoms with Gasteiger partial charge < -0.3 is 14.5 Å². The number of nitrogens with zero attached hydrogens (tertiary/aromatic N) is 3. The predicted octanol–water partition coefficient (Wildman–Crippen LogP) is 2.65. The molecule has 0 bridgehead atoms. The van der Waals surface area contributed by atoms with E-state index in [4.69, 9.17) is 4.74 Å². The SMILES string of the molecule is CCOC(=O)N1CCN(CCCc2ccc(C(=O)C=CN(C)C)cc2)CC1. The molecule has 1 aliphatic heterocycles. The third-order valence-corrected chi connectivity index (χ3v) is 4.60. The Morgan fingerprint density at radius 3 is 2.37 bits per heavy atom. The van der Waals surface area contributed by atoms with Crippen molar-refractivity contribution < 1.29 is 14.3 Å². The van der Waals surface area contributed by atoms with Crippen molar-refractivity contribution >= 4 is 11.9 Å². The standard InChI is InChI=1S/C21H31N3O3/c1-4-27-21(26)24-16-14-23(15-17-24)12-5-6-18-7-9-19(10-8-18)20(25)11-13-22(2)3/h7-11,13H,4-6,12,14-17H2,1-3H3. The monoisotopic (exact) mass is 373 g/mol. The number of ketones is 1. The van der Waals surface area contributed by atoms with E-state index in [0.717, 1.165) is 45.6 Å². The molecule has 0 aromatic heterocycles. The number of carbonyl (C=O) groups excluding carboxylic acids is 2. The average molecular weight is 373 g/mol. The Balaban J connectivity index is 1.70. The number of benzene rings is 1. The van der Waals surface area contributed by atoms with Gasteiger partial charge in [-0.3, -0.25) is 9.69 Å². The number of piperazine rings is 1. The van der Waals surface area contributed by atoms with Gasteiger partial charge in [-0.05, 0) is 31.9 Å². The number of rotatable bonds is 8. The molecule has 1 saturated heterocycles. The number of allylic oxidation sites excluding steroid dienone is 1. The minimum Gasteiger partial charge on any atom is -0.450 e. The highest BCUT2D eigenvalue weighted by Gasteiger charge is 2.21. The smallest absolute Gasteiger partial charge is 0.409 e. The van der Waals surface area contributed by atoms with E-state index in [1.54, 1.807) is 17.2 Å². The largest absolute Gasteiger partial charge is 0.450 e. The summed E-state index contributed by atoms with van der Waals surface area (Å²) in [5.41, 5.74) is 1.96. The molecule has 1 aliphatic rings. The maximum absolute atomic E-state index is 12.0. The van der Waals surface area contributed by atoms with Gasteiger partial charge >= 0.3 is 6.09 Å². The summed E-state index contributed by atoms with van der Waals surface area (Å²) in [5, 5.41) is 0. The van der Waals surface area contributed by atoms with Crippen molar-refractivity contribution in [3.8, 4) is 0 Å². The van der Waals surface area contributed by atoms with Gasteiger partial charge in [-0.25, -0.2) is 4.79 Å². The summed E-state index contributed by atoms with van der Waals surface area (Å²) >= 11 is 0. The normalized spacial score (nSPS) is 15.1. The van der Waals surface area contributed by atoms with Crippen LogP contribution >= 0.6 is 0 Å². The van der Waals surface area contributed by atoms with Crippen molar-refractivity contribution in [2.75, 3.05) is 53.4 Å². The maximum Gasteiger partial charge on any atom is 0.409 e. The molecule has 1 heterocycles. The van der Waals surface area contributed by atoms with E-state index in [2.05, 4.69) is 4.90 Å². The first-order valence-electron chi connectivity index (χ1n) is 9.61. The van der Waals surface area contributed by atoms with Crippen LogP contribution in [0.25, 0.3) is 0 Å². The van der Waals surface area contributed by atoms with Crippen LogP contribution in [0.3, 0.4) is 0 Å². The first-order valence-corrected chi connectivity index (χ1v) is 9.61. The second-order valence-corrected chi connectivity index (χ2v) is 6.97. The second kappa shape index (κ2) is 10.7. The van der Waals surface area contributed by atoms with E-state index in [1.807, 2.05) is 50.2 Å². The van der Waals surface area contributed by atoms with Gasteiger partial charge in [-0.15, -0.1) is 0 Å². The number of aryl methyl sites for hydroxylation is 1. The number of hydrogen-bond donors (Lipinski definition) is 0. The molecule has 0 radical (unpaired) electrons. The Labute approximate surface area is 162 Å². The Bertz CT molecular complexity index is 633. The Hall–Kier alpha value is -2.34. The molecular formula is C21H31N3O3. The zero-order chi connectivity index (χ0) is 19.6. The number of amides is 1. The molecule has 27 heavy (non-hydrogen) atoms. The van der Waals surface area contributed by atoms with Gasteiger partial charge in [0.05, 0.1) is 6.61 Å². The molecule has 0 unspecified atom stereocenters. The molecule has 0 saturated carbocycles. The lowest BCUT2D eigenvalue weighted by Gasteiger charge is -2.34. The summed E-state index contributed by atoms with van der Waals surface area (Å²) in [6, 6.07) is 7.87. The molecule has 0 spiro atoms. The first-order chi connectivity index (χ1) is 13.0. The Kier molecular flexibility index (Phi) is 8.33. The van der Waals surface area contributed by atoms with E-state index in [9.17, 15) is 9.59 Å². The zero-order valence-electron chi connectivity index (χ0n) is 16.7. The molecule has 6 heteroatoms. The van der Waals surface area contributed by atoms with Gasteiger partial charge in [-0.1, -0.05) is 24.3 Å². The van der Waals surface area contributed by atoms with Gasteiger partial charge in [-0.2, -0.15) is 0 Å². The van der Waals surface area contributed by atoms with Crippen LogP contribution in [0.2, 0.25) is 0 Å². The molecule has 0 atom stereocenters.